The average Bonchev–Trinajstić information content (AvgIpc) is 2.65. The second-order valence-corrected chi connectivity index (χ2v) is 14.8. The lowest BCUT2D eigenvalue weighted by molar-refractivity contribution is 0.0638. The molecule has 0 saturated heterocycles. The summed E-state index contributed by atoms with van der Waals surface area (Å²) in [7, 11) is -1.64. The highest BCUT2D eigenvalue weighted by molar-refractivity contribution is 8.76. The van der Waals surface area contributed by atoms with E-state index in [1.807, 2.05) is 63.1 Å². The van der Waals surface area contributed by atoms with Gasteiger partial charge in [-0.25, -0.2) is 0 Å². The maximum Gasteiger partial charge on any atom is 0.504 e. The van der Waals surface area contributed by atoms with Crippen LogP contribution in [0.4, 0.5) is 0 Å². The van der Waals surface area contributed by atoms with Crippen molar-refractivity contribution in [1.82, 2.24) is 0 Å². The SMILES string of the molecule is CCO[Si](OCC)(OCC)C(C)CSSCC(C)[Si](OCC)(OCC)OCC. The Hall–Kier alpha value is 0.894. The molecule has 0 heterocycles. The van der Waals surface area contributed by atoms with E-state index in [9.17, 15) is 0 Å². The van der Waals surface area contributed by atoms with E-state index in [4.69, 9.17) is 26.6 Å². The summed E-state index contributed by atoms with van der Waals surface area (Å²) in [4.78, 5) is 0. The van der Waals surface area contributed by atoms with Crippen molar-refractivity contribution in [1.29, 1.82) is 0 Å². The van der Waals surface area contributed by atoms with E-state index in [0.29, 0.717) is 39.6 Å². The van der Waals surface area contributed by atoms with E-state index in [1.165, 1.54) is 0 Å². The van der Waals surface area contributed by atoms with E-state index < -0.39 is 17.6 Å². The molecule has 0 N–H and O–H groups in total. The van der Waals surface area contributed by atoms with Crippen molar-refractivity contribution in [2.24, 2.45) is 0 Å². The van der Waals surface area contributed by atoms with Crippen LogP contribution in [0.5, 0.6) is 0 Å². The molecule has 0 aromatic rings. The minimum atomic E-state index is -2.65. The second kappa shape index (κ2) is 16.6. The highest BCUT2D eigenvalue weighted by Gasteiger charge is 2.48. The molecule has 6 nitrogen and oxygen atoms in total. The normalized spacial score (nSPS) is 15.0. The smallest absolute Gasteiger partial charge is 0.374 e. The van der Waals surface area contributed by atoms with Crippen LogP contribution in [0, 0.1) is 0 Å². The Morgan fingerprint density at radius 1 is 0.500 bits per heavy atom. The van der Waals surface area contributed by atoms with Gasteiger partial charge in [-0.3, -0.25) is 0 Å². The Labute approximate surface area is 183 Å². The lowest BCUT2D eigenvalue weighted by atomic mass is 10.6. The molecule has 0 aromatic carbocycles. The van der Waals surface area contributed by atoms with Gasteiger partial charge in [-0.2, -0.15) is 0 Å². The fraction of sp³-hybridized carbons (Fsp3) is 1.00. The molecular formula is C18H42O6S2Si2. The first kappa shape index (κ1) is 28.9. The molecule has 2 unspecified atom stereocenters. The van der Waals surface area contributed by atoms with Crippen LogP contribution in [0.3, 0.4) is 0 Å². The lowest BCUT2D eigenvalue weighted by Gasteiger charge is -2.34. The molecule has 170 valence electrons. The first-order valence-electron chi connectivity index (χ1n) is 10.5. The zero-order valence-electron chi connectivity index (χ0n) is 19.1. The van der Waals surface area contributed by atoms with Gasteiger partial charge in [0.15, 0.2) is 0 Å². The van der Waals surface area contributed by atoms with E-state index in [2.05, 4.69) is 13.8 Å². The predicted molar refractivity (Wildman–Crippen MR) is 125 cm³/mol. The van der Waals surface area contributed by atoms with Crippen molar-refractivity contribution in [3.05, 3.63) is 0 Å². The maximum absolute atomic E-state index is 6.02. The Morgan fingerprint density at radius 2 is 0.714 bits per heavy atom. The van der Waals surface area contributed by atoms with Crippen molar-refractivity contribution in [3.63, 3.8) is 0 Å². The summed E-state index contributed by atoms with van der Waals surface area (Å²) in [6, 6.07) is 0. The molecule has 0 rings (SSSR count). The van der Waals surface area contributed by atoms with Gasteiger partial charge in [0.25, 0.3) is 0 Å². The van der Waals surface area contributed by atoms with Crippen LogP contribution in [0.25, 0.3) is 0 Å². The van der Waals surface area contributed by atoms with Crippen molar-refractivity contribution in [3.8, 4) is 0 Å². The van der Waals surface area contributed by atoms with Crippen molar-refractivity contribution in [2.75, 3.05) is 51.1 Å². The molecular weight excluding hydrogens is 432 g/mol. The lowest BCUT2D eigenvalue weighted by Crippen LogP contribution is -2.50. The quantitative estimate of drug-likeness (QED) is 0.143. The van der Waals surface area contributed by atoms with E-state index in [1.54, 1.807) is 0 Å². The van der Waals surface area contributed by atoms with Crippen LogP contribution < -0.4 is 0 Å². The Balaban J connectivity index is 4.78. The average molecular weight is 475 g/mol. The summed E-state index contributed by atoms with van der Waals surface area (Å²) in [6.45, 7) is 20.0. The van der Waals surface area contributed by atoms with Gasteiger partial charge in [-0.05, 0) is 41.5 Å². The van der Waals surface area contributed by atoms with Crippen molar-refractivity contribution < 1.29 is 26.6 Å². The molecule has 0 amide bonds. The van der Waals surface area contributed by atoms with Crippen LogP contribution in [-0.4, -0.2) is 68.8 Å². The Kier molecular flexibility index (Phi) is 17.1. The van der Waals surface area contributed by atoms with Gasteiger partial charge >= 0.3 is 17.6 Å². The molecule has 0 fully saturated rings. The first-order valence-corrected chi connectivity index (χ1v) is 16.6. The molecule has 0 aliphatic heterocycles. The largest absolute Gasteiger partial charge is 0.504 e. The van der Waals surface area contributed by atoms with Crippen molar-refractivity contribution >= 4 is 39.2 Å². The standard InChI is InChI=1S/C18H42O6S2Si2/c1-9-19-27(20-10-2,21-11-3)17(7)15-25-26-16-18(8)28(22-12-4,23-13-5)24-14-6/h17-18H,9-16H2,1-8H3. The summed E-state index contributed by atoms with van der Waals surface area (Å²) in [5.74, 6) is 1.83. The van der Waals surface area contributed by atoms with Crippen LogP contribution >= 0.6 is 21.6 Å². The molecule has 0 radical (unpaired) electrons. The summed E-state index contributed by atoms with van der Waals surface area (Å²) < 4.78 is 36.1. The number of hydrogen-bond donors (Lipinski definition) is 0. The number of rotatable bonds is 19. The minimum Gasteiger partial charge on any atom is -0.374 e. The fourth-order valence-electron chi connectivity index (χ4n) is 2.82. The topological polar surface area (TPSA) is 55.4 Å². The molecule has 0 saturated carbocycles. The van der Waals surface area contributed by atoms with Gasteiger partial charge < -0.3 is 26.6 Å². The van der Waals surface area contributed by atoms with Crippen LogP contribution in [0.1, 0.15) is 55.4 Å². The number of hydrogen-bond acceptors (Lipinski definition) is 8. The predicted octanol–water partition coefficient (Wildman–Crippen LogP) is 5.24. The highest BCUT2D eigenvalue weighted by Crippen LogP contribution is 2.37. The zero-order valence-corrected chi connectivity index (χ0v) is 22.7. The Bertz CT molecular complexity index is 314. The molecule has 0 spiro atoms. The second-order valence-electron chi connectivity index (χ2n) is 6.18. The third-order valence-electron chi connectivity index (χ3n) is 4.00. The van der Waals surface area contributed by atoms with E-state index in [0.717, 1.165) is 11.5 Å². The van der Waals surface area contributed by atoms with E-state index in [-0.39, 0.29) is 11.1 Å². The third-order valence-corrected chi connectivity index (χ3v) is 14.3. The minimum absolute atomic E-state index is 0.229. The van der Waals surface area contributed by atoms with Gasteiger partial charge in [0, 0.05) is 62.2 Å². The first-order chi connectivity index (χ1) is 13.4. The summed E-state index contributed by atoms with van der Waals surface area (Å²) in [5, 5.41) is 0. The van der Waals surface area contributed by atoms with E-state index >= 15 is 0 Å². The summed E-state index contributed by atoms with van der Waals surface area (Å²) in [6.07, 6.45) is 0. The van der Waals surface area contributed by atoms with Crippen LogP contribution in [-0.2, 0) is 26.6 Å². The monoisotopic (exact) mass is 474 g/mol. The molecule has 0 aromatic heterocycles. The fourth-order valence-corrected chi connectivity index (χ4v) is 12.7. The molecule has 0 aliphatic rings. The van der Waals surface area contributed by atoms with Crippen molar-refractivity contribution in [2.45, 2.75) is 66.5 Å². The molecule has 28 heavy (non-hydrogen) atoms. The van der Waals surface area contributed by atoms with Gasteiger partial charge in [-0.15, -0.1) is 0 Å². The van der Waals surface area contributed by atoms with Crippen LogP contribution in [0.15, 0.2) is 0 Å². The zero-order chi connectivity index (χ0) is 21.5. The molecule has 10 heteroatoms. The van der Waals surface area contributed by atoms with Gasteiger partial charge in [0.2, 0.25) is 0 Å². The third kappa shape index (κ3) is 9.36. The van der Waals surface area contributed by atoms with Gasteiger partial charge in [0.1, 0.15) is 0 Å². The molecule has 0 aliphatic carbocycles. The van der Waals surface area contributed by atoms with Crippen LogP contribution in [0.2, 0.25) is 11.1 Å². The van der Waals surface area contributed by atoms with Gasteiger partial charge in [0.05, 0.1) is 0 Å². The highest BCUT2D eigenvalue weighted by atomic mass is 33.1. The molecule has 0 bridgehead atoms. The molecule has 2 atom stereocenters. The summed E-state index contributed by atoms with van der Waals surface area (Å²) in [5.41, 5.74) is 0.459. The summed E-state index contributed by atoms with van der Waals surface area (Å²) >= 11 is 0. The Morgan fingerprint density at radius 3 is 0.893 bits per heavy atom. The maximum atomic E-state index is 6.02. The van der Waals surface area contributed by atoms with Gasteiger partial charge in [-0.1, -0.05) is 35.4 Å².